The molecule has 1 aliphatic carbocycles. The Bertz CT molecular complexity index is 2480. The number of aromatic hydroxyl groups is 1. The number of rotatable bonds is 22. The quantitative estimate of drug-likeness (QED) is 0.0394. The normalized spacial score (nSPS) is 17.8. The lowest BCUT2D eigenvalue weighted by atomic mass is 10.0. The van der Waals surface area contributed by atoms with Gasteiger partial charge in [0.2, 0.25) is 11.5 Å². The molecule has 0 bridgehead atoms. The smallest absolute Gasteiger partial charge is 0.411 e. The average Bonchev–Trinajstić information content (AvgIpc) is 3.87. The van der Waals surface area contributed by atoms with Crippen molar-refractivity contribution in [2.75, 3.05) is 64.3 Å². The number of phenolic OH excluding ortho intramolecular Hbond substituents is 1. The van der Waals surface area contributed by atoms with Crippen LogP contribution in [-0.4, -0.2) is 105 Å². The summed E-state index contributed by atoms with van der Waals surface area (Å²) >= 11 is 0. The summed E-state index contributed by atoms with van der Waals surface area (Å²) in [5.41, 5.74) is 6.36. The van der Waals surface area contributed by atoms with Crippen molar-refractivity contribution in [3.05, 3.63) is 130 Å². The Kier molecular flexibility index (Phi) is 17.3. The van der Waals surface area contributed by atoms with Crippen LogP contribution in [0.1, 0.15) is 76.2 Å². The third-order valence-electron chi connectivity index (χ3n) is 14.3. The summed E-state index contributed by atoms with van der Waals surface area (Å²) in [6.07, 6.45) is 4.06. The Balaban J connectivity index is 0.784. The van der Waals surface area contributed by atoms with E-state index in [1.54, 1.807) is 12.1 Å². The summed E-state index contributed by atoms with van der Waals surface area (Å²) in [5.74, 6) is 1.22. The van der Waals surface area contributed by atoms with E-state index in [1.807, 2.05) is 65.6 Å². The van der Waals surface area contributed by atoms with Gasteiger partial charge in [0.25, 0.3) is 0 Å². The number of pyridine rings is 1. The van der Waals surface area contributed by atoms with Gasteiger partial charge in [-0.25, -0.2) is 4.79 Å². The zero-order valence-corrected chi connectivity index (χ0v) is 42.0. The van der Waals surface area contributed by atoms with E-state index in [1.165, 1.54) is 17.2 Å². The van der Waals surface area contributed by atoms with E-state index in [2.05, 4.69) is 85.6 Å². The van der Waals surface area contributed by atoms with Crippen molar-refractivity contribution >= 4 is 36.9 Å². The molecule has 0 radical (unpaired) electrons. The standard InChI is InChI=1S/C55H73N5O7Si/c1-7-29-60(31-28-56-36-50(67-68(5,6)55(2,3)4)46-21-23-49(61)53-47(46)22-24-51(62)58-53)52(63)27-33-65-32-26-40-19-17-39(18-20-40)25-30-59-37-42-34-44(35-43(42)38-59)66-54(64)57-48-16-12-11-15-45(48)41-13-9-8-10-14-41/h8-24,42-44,50,56,61H,7,25-38H2,1-6H3,(H,57,64)(H,58,62)/t42-,43?,44?,50?/m1/s1. The highest BCUT2D eigenvalue weighted by Crippen LogP contribution is 2.42. The molecule has 4 N–H and O–H groups in total. The molecule has 4 aromatic carbocycles. The van der Waals surface area contributed by atoms with Crippen LogP contribution in [0.4, 0.5) is 10.5 Å². The maximum Gasteiger partial charge on any atom is 0.411 e. The summed E-state index contributed by atoms with van der Waals surface area (Å²) < 4.78 is 18.9. The molecule has 2 heterocycles. The highest BCUT2D eigenvalue weighted by atomic mass is 28.4. The number of hydrogen-bond acceptors (Lipinski definition) is 9. The molecule has 2 fully saturated rings. The molecule has 0 spiro atoms. The number of likely N-dealkylation sites (tertiary alicyclic amines) is 1. The number of carbonyl (C=O) groups is 2. The number of phenols is 1. The van der Waals surface area contributed by atoms with Gasteiger partial charge in [0.15, 0.2) is 8.32 Å². The number of aromatic amines is 1. The molecule has 68 heavy (non-hydrogen) atoms. The fourth-order valence-corrected chi connectivity index (χ4v) is 10.8. The maximum absolute atomic E-state index is 13.3. The van der Waals surface area contributed by atoms with Gasteiger partial charge >= 0.3 is 6.09 Å². The first-order valence-corrected chi connectivity index (χ1v) is 27.6. The summed E-state index contributed by atoms with van der Waals surface area (Å²) in [7, 11) is -2.22. The number of nitrogens with zero attached hydrogens (tertiary/aromatic N) is 2. The largest absolute Gasteiger partial charge is 0.506 e. The number of para-hydroxylation sites is 1. The van der Waals surface area contributed by atoms with Gasteiger partial charge in [0.1, 0.15) is 11.9 Å². The average molecular weight is 944 g/mol. The lowest BCUT2D eigenvalue weighted by Gasteiger charge is -2.39. The Morgan fingerprint density at radius 3 is 2.26 bits per heavy atom. The molecule has 2 aliphatic rings. The van der Waals surface area contributed by atoms with Gasteiger partial charge in [-0.05, 0) is 103 Å². The lowest BCUT2D eigenvalue weighted by Crippen LogP contribution is -2.44. The maximum atomic E-state index is 13.3. The number of ether oxygens (including phenoxy) is 2. The predicted octanol–water partition coefficient (Wildman–Crippen LogP) is 9.94. The summed E-state index contributed by atoms with van der Waals surface area (Å²) in [4.78, 5) is 45.7. The van der Waals surface area contributed by atoms with Crippen molar-refractivity contribution in [1.29, 1.82) is 0 Å². The van der Waals surface area contributed by atoms with E-state index in [9.17, 15) is 19.5 Å². The van der Waals surface area contributed by atoms with Crippen LogP contribution in [-0.2, 0) is 31.5 Å². The second-order valence-corrected chi connectivity index (χ2v) is 25.0. The van der Waals surface area contributed by atoms with E-state index in [0.717, 1.165) is 79.5 Å². The second-order valence-electron chi connectivity index (χ2n) is 20.2. The van der Waals surface area contributed by atoms with Crippen molar-refractivity contribution in [1.82, 2.24) is 20.1 Å². The van der Waals surface area contributed by atoms with Crippen molar-refractivity contribution in [2.24, 2.45) is 11.8 Å². The summed E-state index contributed by atoms with van der Waals surface area (Å²) in [5, 5.41) is 17.8. The first-order chi connectivity index (χ1) is 32.7. The molecule has 1 aromatic heterocycles. The molecule has 13 heteroatoms. The number of aromatic nitrogens is 1. The first-order valence-electron chi connectivity index (χ1n) is 24.7. The zero-order valence-electron chi connectivity index (χ0n) is 41.0. The molecule has 1 aliphatic heterocycles. The van der Waals surface area contributed by atoms with Crippen LogP contribution < -0.4 is 16.2 Å². The van der Waals surface area contributed by atoms with Crippen LogP contribution >= 0.6 is 0 Å². The van der Waals surface area contributed by atoms with Gasteiger partial charge in [-0.3, -0.25) is 14.9 Å². The molecule has 1 saturated heterocycles. The van der Waals surface area contributed by atoms with E-state index >= 15 is 0 Å². The molecule has 364 valence electrons. The minimum absolute atomic E-state index is 0.0225. The van der Waals surface area contributed by atoms with Gasteiger partial charge in [-0.15, -0.1) is 0 Å². The molecular weight excluding hydrogens is 871 g/mol. The fraction of sp³-hybridized carbons (Fsp3) is 0.473. The SMILES string of the molecule is CCCN(CCNCC(O[Si](C)(C)C(C)(C)C)c1ccc(O)c2[nH]c(=O)ccc12)C(=O)CCOCCc1ccc(CCN2CC3CC(OC(=O)Nc4ccccc4-c4ccccc4)C[C@@H]3C2)cc1. The number of anilines is 1. The summed E-state index contributed by atoms with van der Waals surface area (Å²) in [6, 6.07) is 33.5. The van der Waals surface area contributed by atoms with Crippen molar-refractivity contribution in [2.45, 2.75) is 96.6 Å². The van der Waals surface area contributed by atoms with Crippen LogP contribution in [0.25, 0.3) is 22.0 Å². The third kappa shape index (κ3) is 13.5. The van der Waals surface area contributed by atoms with E-state index in [0.29, 0.717) is 63.2 Å². The molecule has 4 atom stereocenters. The Morgan fingerprint density at radius 1 is 0.868 bits per heavy atom. The lowest BCUT2D eigenvalue weighted by molar-refractivity contribution is -0.132. The minimum atomic E-state index is -2.22. The Hall–Kier alpha value is -5.31. The summed E-state index contributed by atoms with van der Waals surface area (Å²) in [6.45, 7) is 19.5. The van der Waals surface area contributed by atoms with E-state index in [-0.39, 0.29) is 40.6 Å². The zero-order chi connectivity index (χ0) is 48.3. The van der Waals surface area contributed by atoms with Gasteiger partial charge in [-0.1, -0.05) is 107 Å². The Labute approximate surface area is 403 Å². The minimum Gasteiger partial charge on any atom is -0.506 e. The molecular formula is C55H73N5O7Si. The van der Waals surface area contributed by atoms with E-state index < -0.39 is 8.32 Å². The van der Waals surface area contributed by atoms with Gasteiger partial charge in [-0.2, -0.15) is 0 Å². The van der Waals surface area contributed by atoms with Gasteiger partial charge < -0.3 is 39.1 Å². The van der Waals surface area contributed by atoms with E-state index in [4.69, 9.17) is 13.9 Å². The number of hydrogen-bond donors (Lipinski definition) is 4. The first kappa shape index (κ1) is 50.6. The van der Waals surface area contributed by atoms with Crippen molar-refractivity contribution < 1.29 is 28.6 Å². The molecule has 12 nitrogen and oxygen atoms in total. The topological polar surface area (TPSA) is 145 Å². The number of carbonyl (C=O) groups excluding carboxylic acids is 2. The van der Waals surface area contributed by atoms with Crippen LogP contribution in [0.2, 0.25) is 18.1 Å². The van der Waals surface area contributed by atoms with Gasteiger partial charge in [0, 0.05) is 62.8 Å². The number of benzene rings is 4. The van der Waals surface area contributed by atoms with Crippen LogP contribution in [0, 0.1) is 11.8 Å². The molecule has 5 aromatic rings. The molecule has 3 unspecified atom stereocenters. The molecule has 1 saturated carbocycles. The van der Waals surface area contributed by atoms with Crippen LogP contribution in [0.5, 0.6) is 5.75 Å². The van der Waals surface area contributed by atoms with Crippen LogP contribution in [0.15, 0.2) is 108 Å². The van der Waals surface area contributed by atoms with Crippen molar-refractivity contribution in [3.63, 3.8) is 0 Å². The second kappa shape index (κ2) is 23.3. The van der Waals surface area contributed by atoms with Crippen molar-refractivity contribution in [3.8, 4) is 16.9 Å². The molecule has 2 amide bonds. The third-order valence-corrected chi connectivity index (χ3v) is 18.8. The Morgan fingerprint density at radius 2 is 1.56 bits per heavy atom. The highest BCUT2D eigenvalue weighted by Gasteiger charge is 2.42. The van der Waals surface area contributed by atoms with Gasteiger partial charge in [0.05, 0.1) is 36.9 Å². The molecule has 7 rings (SSSR count). The number of amides is 2. The number of nitrogens with one attached hydrogen (secondary N) is 3. The highest BCUT2D eigenvalue weighted by molar-refractivity contribution is 6.74. The number of H-pyrrole nitrogens is 1. The predicted molar refractivity (Wildman–Crippen MR) is 275 cm³/mol. The monoisotopic (exact) mass is 944 g/mol. The number of fused-ring (bicyclic) bond motifs is 2. The van der Waals surface area contributed by atoms with Crippen LogP contribution in [0.3, 0.4) is 0 Å². The fourth-order valence-electron chi connectivity index (χ4n) is 9.51.